The Hall–Kier alpha value is -2.91. The summed E-state index contributed by atoms with van der Waals surface area (Å²) in [6.45, 7) is 13.2. The Morgan fingerprint density at radius 3 is 2.13 bits per heavy atom. The number of para-hydroxylation sites is 2. The van der Waals surface area contributed by atoms with Crippen molar-refractivity contribution in [3.63, 3.8) is 0 Å². The molecule has 0 aliphatic rings. The molecule has 0 fully saturated rings. The van der Waals surface area contributed by atoms with E-state index in [1.165, 1.54) is 16.1 Å². The lowest BCUT2D eigenvalue weighted by atomic mass is 9.76. The van der Waals surface area contributed by atoms with E-state index in [0.29, 0.717) is 12.0 Å². The van der Waals surface area contributed by atoms with E-state index in [1.807, 2.05) is 6.07 Å². The monoisotopic (exact) mass is 426 g/mol. The molecule has 0 radical (unpaired) electrons. The number of hydrogen-bond acceptors (Lipinski definition) is 3. The molecule has 1 heterocycles. The first-order chi connectivity index (χ1) is 14.9. The smallest absolute Gasteiger partial charge is 0.124 e. The summed E-state index contributed by atoms with van der Waals surface area (Å²) in [4.78, 5) is 7.26. The Kier molecular flexibility index (Phi) is 5.97. The molecule has 3 heteroatoms. The van der Waals surface area contributed by atoms with Crippen molar-refractivity contribution >= 4 is 32.9 Å². The summed E-state index contributed by atoms with van der Waals surface area (Å²) in [7, 11) is 0. The van der Waals surface area contributed by atoms with Crippen molar-refractivity contribution < 1.29 is 0 Å². The highest BCUT2D eigenvalue weighted by Crippen LogP contribution is 2.39. The average Bonchev–Trinajstić information content (AvgIpc) is 3.24. The van der Waals surface area contributed by atoms with Crippen LogP contribution < -0.4 is 4.90 Å². The second-order valence-corrected chi connectivity index (χ2v) is 9.82. The van der Waals surface area contributed by atoms with Crippen LogP contribution >= 0.6 is 11.3 Å². The number of rotatable bonds is 7. The third kappa shape index (κ3) is 4.28. The average molecular weight is 427 g/mol. The van der Waals surface area contributed by atoms with Crippen LogP contribution in [0, 0.1) is 11.3 Å². The quantitative estimate of drug-likeness (QED) is 0.276. The summed E-state index contributed by atoms with van der Waals surface area (Å²) >= 11 is 1.74. The zero-order chi connectivity index (χ0) is 22.0. The molecule has 2 atom stereocenters. The Morgan fingerprint density at radius 1 is 0.871 bits per heavy atom. The molecule has 0 bridgehead atoms. The maximum Gasteiger partial charge on any atom is 0.124 e. The number of nitrogens with zero attached hydrogens (tertiary/aromatic N) is 2. The third-order valence-electron chi connectivity index (χ3n) is 6.55. The Labute approximate surface area is 189 Å². The molecule has 0 unspecified atom stereocenters. The van der Waals surface area contributed by atoms with Crippen molar-refractivity contribution in [2.24, 2.45) is 11.3 Å². The molecule has 0 saturated heterocycles. The minimum absolute atomic E-state index is 0.0351. The fraction of sp³-hybridized carbons (Fsp3) is 0.250. The van der Waals surface area contributed by atoms with E-state index in [-0.39, 0.29) is 5.41 Å². The molecule has 1 aromatic heterocycles. The van der Waals surface area contributed by atoms with Gasteiger partial charge in [-0.2, -0.15) is 0 Å². The van der Waals surface area contributed by atoms with E-state index in [4.69, 9.17) is 4.98 Å². The topological polar surface area (TPSA) is 16.1 Å². The standard InChI is InChI=1S/C28H30N2S/c1-6-28(4,5)20(2)21(3)30(23-12-8-7-9-13-23)24-18-16-22(17-19-24)27-29-25-14-10-11-15-26(25)31-27/h6-21H,1H2,2-5H3/t20-,21-/m1/s1. The van der Waals surface area contributed by atoms with Gasteiger partial charge in [-0.1, -0.05) is 57.2 Å². The lowest BCUT2D eigenvalue weighted by Crippen LogP contribution is -2.40. The van der Waals surface area contributed by atoms with Gasteiger partial charge in [0.05, 0.1) is 10.2 Å². The van der Waals surface area contributed by atoms with E-state index in [1.54, 1.807) is 11.3 Å². The molecule has 4 rings (SSSR count). The number of aromatic nitrogens is 1. The summed E-state index contributed by atoms with van der Waals surface area (Å²) in [5, 5.41) is 1.06. The molecule has 0 aliphatic carbocycles. The van der Waals surface area contributed by atoms with Gasteiger partial charge in [-0.3, -0.25) is 0 Å². The van der Waals surface area contributed by atoms with E-state index >= 15 is 0 Å². The first-order valence-electron chi connectivity index (χ1n) is 10.8. The van der Waals surface area contributed by atoms with Gasteiger partial charge < -0.3 is 4.90 Å². The number of benzene rings is 3. The van der Waals surface area contributed by atoms with Crippen LogP contribution in [0.5, 0.6) is 0 Å². The molecule has 4 aromatic rings. The van der Waals surface area contributed by atoms with Crippen LogP contribution in [0.2, 0.25) is 0 Å². The molecule has 0 aliphatic heterocycles. The van der Waals surface area contributed by atoms with E-state index in [0.717, 1.165) is 16.1 Å². The maximum absolute atomic E-state index is 4.82. The number of hydrogen-bond donors (Lipinski definition) is 0. The van der Waals surface area contributed by atoms with E-state index in [2.05, 4.69) is 118 Å². The summed E-state index contributed by atoms with van der Waals surface area (Å²) < 4.78 is 1.22. The second kappa shape index (κ2) is 8.68. The largest absolute Gasteiger partial charge is 0.338 e. The van der Waals surface area contributed by atoms with Gasteiger partial charge in [0.2, 0.25) is 0 Å². The van der Waals surface area contributed by atoms with Gasteiger partial charge in [0, 0.05) is 23.0 Å². The Balaban J connectivity index is 1.71. The van der Waals surface area contributed by atoms with Crippen LogP contribution in [0.4, 0.5) is 11.4 Å². The fourth-order valence-corrected chi connectivity index (χ4v) is 4.97. The van der Waals surface area contributed by atoms with Gasteiger partial charge >= 0.3 is 0 Å². The normalized spacial score (nSPS) is 13.7. The first-order valence-corrected chi connectivity index (χ1v) is 11.7. The highest BCUT2D eigenvalue weighted by molar-refractivity contribution is 7.21. The zero-order valence-electron chi connectivity index (χ0n) is 18.7. The van der Waals surface area contributed by atoms with E-state index in [9.17, 15) is 0 Å². The van der Waals surface area contributed by atoms with Crippen LogP contribution in [0.25, 0.3) is 20.8 Å². The number of allylic oxidation sites excluding steroid dienone is 1. The molecule has 2 nitrogen and oxygen atoms in total. The highest BCUT2D eigenvalue weighted by atomic mass is 32.1. The molecule has 31 heavy (non-hydrogen) atoms. The lowest BCUT2D eigenvalue weighted by Gasteiger charge is -2.41. The van der Waals surface area contributed by atoms with Crippen LogP contribution in [0.3, 0.4) is 0 Å². The molecule has 158 valence electrons. The molecule has 0 N–H and O–H groups in total. The van der Waals surface area contributed by atoms with Crippen molar-refractivity contribution in [1.29, 1.82) is 0 Å². The first kappa shape index (κ1) is 21.3. The summed E-state index contributed by atoms with van der Waals surface area (Å²) in [6.07, 6.45) is 2.08. The Bertz CT molecular complexity index is 1130. The highest BCUT2D eigenvalue weighted by Gasteiger charge is 2.31. The van der Waals surface area contributed by atoms with Gasteiger partial charge in [0.1, 0.15) is 5.01 Å². The predicted molar refractivity (Wildman–Crippen MR) is 136 cm³/mol. The van der Waals surface area contributed by atoms with Crippen LogP contribution in [-0.2, 0) is 0 Å². The molecule has 0 amide bonds. The van der Waals surface area contributed by atoms with Crippen LogP contribution in [0.1, 0.15) is 27.7 Å². The third-order valence-corrected chi connectivity index (χ3v) is 7.64. The van der Waals surface area contributed by atoms with Gasteiger partial charge in [0.25, 0.3) is 0 Å². The number of fused-ring (bicyclic) bond motifs is 1. The van der Waals surface area contributed by atoms with Gasteiger partial charge in [-0.15, -0.1) is 17.9 Å². The molecule has 0 saturated carbocycles. The number of thiazole rings is 1. The summed E-state index contributed by atoms with van der Waals surface area (Å²) in [6, 6.07) is 28.1. The van der Waals surface area contributed by atoms with Gasteiger partial charge in [0.15, 0.2) is 0 Å². The van der Waals surface area contributed by atoms with Crippen molar-refractivity contribution in [2.45, 2.75) is 33.7 Å². The molecule has 3 aromatic carbocycles. The van der Waals surface area contributed by atoms with Crippen molar-refractivity contribution in [3.8, 4) is 10.6 Å². The van der Waals surface area contributed by atoms with Gasteiger partial charge in [-0.05, 0) is 66.8 Å². The summed E-state index contributed by atoms with van der Waals surface area (Å²) in [5.74, 6) is 0.411. The lowest BCUT2D eigenvalue weighted by molar-refractivity contribution is 0.268. The number of anilines is 2. The van der Waals surface area contributed by atoms with Crippen molar-refractivity contribution in [3.05, 3.63) is 91.5 Å². The molecular weight excluding hydrogens is 396 g/mol. The van der Waals surface area contributed by atoms with Crippen LogP contribution in [0.15, 0.2) is 91.5 Å². The second-order valence-electron chi connectivity index (χ2n) is 8.79. The maximum atomic E-state index is 4.82. The zero-order valence-corrected chi connectivity index (χ0v) is 19.6. The fourth-order valence-electron chi connectivity index (χ4n) is 4.00. The van der Waals surface area contributed by atoms with Crippen molar-refractivity contribution in [2.75, 3.05) is 4.90 Å². The minimum Gasteiger partial charge on any atom is -0.338 e. The van der Waals surface area contributed by atoms with Gasteiger partial charge in [-0.25, -0.2) is 4.98 Å². The SMILES string of the molecule is C=CC(C)(C)[C@H](C)[C@@H](C)N(c1ccccc1)c1ccc(-c2nc3ccccc3s2)cc1. The Morgan fingerprint density at radius 2 is 1.48 bits per heavy atom. The van der Waals surface area contributed by atoms with Crippen molar-refractivity contribution in [1.82, 2.24) is 4.98 Å². The van der Waals surface area contributed by atoms with Crippen LogP contribution in [-0.4, -0.2) is 11.0 Å². The molecular formula is C28H30N2S. The summed E-state index contributed by atoms with van der Waals surface area (Å²) in [5.41, 5.74) is 4.65. The molecule has 0 spiro atoms. The van der Waals surface area contributed by atoms with E-state index < -0.39 is 0 Å². The minimum atomic E-state index is 0.0351. The predicted octanol–water partition coefficient (Wildman–Crippen LogP) is 8.34.